The third-order valence-electron chi connectivity index (χ3n) is 3.50. The highest BCUT2D eigenvalue weighted by Crippen LogP contribution is 2.52. The molecule has 0 radical (unpaired) electrons. The second-order valence-electron chi connectivity index (χ2n) is 6.21. The Morgan fingerprint density at radius 1 is 0.929 bits per heavy atom. The van der Waals surface area contributed by atoms with Gasteiger partial charge in [0.1, 0.15) is 0 Å². The maximum atomic E-state index is 10.3. The lowest BCUT2D eigenvalue weighted by Gasteiger charge is -2.54. The molecule has 0 aromatic rings. The molecule has 2 unspecified atom stereocenters. The highest BCUT2D eigenvalue weighted by Gasteiger charge is 2.54. The quantitative estimate of drug-likeness (QED) is 0.542. The van der Waals surface area contributed by atoms with E-state index in [-0.39, 0.29) is 5.41 Å². The number of rotatable bonds is 0. The van der Waals surface area contributed by atoms with Gasteiger partial charge < -0.3 is 15.3 Å². The lowest BCUT2D eigenvalue weighted by molar-refractivity contribution is -0.194. The van der Waals surface area contributed by atoms with Crippen molar-refractivity contribution in [2.45, 2.75) is 63.3 Å². The number of fused-ring (bicyclic) bond motifs is 2. The summed E-state index contributed by atoms with van der Waals surface area (Å²) < 4.78 is 0. The first-order valence-corrected chi connectivity index (χ1v) is 5.35. The SMILES string of the molecule is CC1(C)CC2(O)CC(O)CC(O)(C1)C2. The van der Waals surface area contributed by atoms with Crippen molar-refractivity contribution in [2.24, 2.45) is 5.41 Å². The molecule has 2 aliphatic carbocycles. The van der Waals surface area contributed by atoms with Gasteiger partial charge in [-0.3, -0.25) is 0 Å². The van der Waals surface area contributed by atoms with E-state index >= 15 is 0 Å². The minimum Gasteiger partial charge on any atom is -0.393 e. The molecule has 3 heteroatoms. The van der Waals surface area contributed by atoms with Crippen LogP contribution in [0.4, 0.5) is 0 Å². The fourth-order valence-corrected chi connectivity index (χ4v) is 3.82. The highest BCUT2D eigenvalue weighted by molar-refractivity contribution is 5.07. The Balaban J connectivity index is 2.28. The molecule has 2 rings (SSSR count). The minimum atomic E-state index is -0.853. The zero-order valence-electron chi connectivity index (χ0n) is 8.95. The van der Waals surface area contributed by atoms with Gasteiger partial charge in [0.15, 0.2) is 0 Å². The summed E-state index contributed by atoms with van der Waals surface area (Å²) in [5.41, 5.74) is -1.73. The second-order valence-corrected chi connectivity index (χ2v) is 6.21. The summed E-state index contributed by atoms with van der Waals surface area (Å²) in [6, 6.07) is 0. The summed E-state index contributed by atoms with van der Waals surface area (Å²) in [5, 5.41) is 30.1. The maximum absolute atomic E-state index is 10.3. The predicted molar refractivity (Wildman–Crippen MR) is 52.8 cm³/mol. The van der Waals surface area contributed by atoms with Crippen LogP contribution in [0.25, 0.3) is 0 Å². The normalized spacial score (nSPS) is 51.6. The second kappa shape index (κ2) is 2.71. The smallest absolute Gasteiger partial charge is 0.0704 e. The number of hydrogen-bond acceptors (Lipinski definition) is 3. The number of aliphatic hydroxyl groups excluding tert-OH is 1. The van der Waals surface area contributed by atoms with Crippen LogP contribution in [0, 0.1) is 5.41 Å². The van der Waals surface area contributed by atoms with Gasteiger partial charge in [-0.15, -0.1) is 0 Å². The van der Waals surface area contributed by atoms with Crippen LogP contribution < -0.4 is 0 Å². The van der Waals surface area contributed by atoms with Gasteiger partial charge >= 0.3 is 0 Å². The lowest BCUT2D eigenvalue weighted by Crippen LogP contribution is -2.58. The summed E-state index contributed by atoms with van der Waals surface area (Å²) >= 11 is 0. The van der Waals surface area contributed by atoms with Crippen molar-refractivity contribution in [2.75, 3.05) is 0 Å². The Kier molecular flexibility index (Phi) is 2.02. The molecular weight excluding hydrogens is 180 g/mol. The van der Waals surface area contributed by atoms with Gasteiger partial charge in [-0.05, 0) is 18.3 Å². The van der Waals surface area contributed by atoms with E-state index in [9.17, 15) is 15.3 Å². The topological polar surface area (TPSA) is 60.7 Å². The molecule has 0 aromatic heterocycles. The Bertz CT molecular complexity index is 221. The fraction of sp³-hybridized carbons (Fsp3) is 1.00. The molecule has 2 aliphatic rings. The van der Waals surface area contributed by atoms with E-state index in [1.165, 1.54) is 0 Å². The summed E-state index contributed by atoms with van der Waals surface area (Å²) in [6.45, 7) is 4.14. The maximum Gasteiger partial charge on any atom is 0.0704 e. The van der Waals surface area contributed by atoms with Gasteiger partial charge in [0.2, 0.25) is 0 Å². The standard InChI is InChI=1S/C11H20O3/c1-9(2)5-10(13)3-8(12)4-11(14,6-9)7-10/h8,12-14H,3-7H2,1-2H3. The molecule has 82 valence electrons. The molecule has 0 spiro atoms. The van der Waals surface area contributed by atoms with E-state index in [1.54, 1.807) is 0 Å². The molecule has 3 nitrogen and oxygen atoms in total. The van der Waals surface area contributed by atoms with Crippen LogP contribution in [0.1, 0.15) is 46.0 Å². The summed E-state index contributed by atoms with van der Waals surface area (Å²) in [7, 11) is 0. The van der Waals surface area contributed by atoms with Crippen molar-refractivity contribution >= 4 is 0 Å². The molecule has 0 amide bonds. The van der Waals surface area contributed by atoms with Gasteiger partial charge in [-0.25, -0.2) is 0 Å². The summed E-state index contributed by atoms with van der Waals surface area (Å²) in [5.74, 6) is 0. The van der Waals surface area contributed by atoms with E-state index in [2.05, 4.69) is 13.8 Å². The summed E-state index contributed by atoms with van der Waals surface area (Å²) in [4.78, 5) is 0. The van der Waals surface area contributed by atoms with Crippen molar-refractivity contribution in [1.29, 1.82) is 0 Å². The van der Waals surface area contributed by atoms with Crippen LogP contribution in [0.15, 0.2) is 0 Å². The molecule has 2 saturated carbocycles. The Morgan fingerprint density at radius 2 is 1.36 bits per heavy atom. The largest absolute Gasteiger partial charge is 0.393 e. The fourth-order valence-electron chi connectivity index (χ4n) is 3.82. The number of hydrogen-bond donors (Lipinski definition) is 3. The molecule has 0 aliphatic heterocycles. The van der Waals surface area contributed by atoms with Crippen LogP contribution in [0.2, 0.25) is 0 Å². The van der Waals surface area contributed by atoms with Gasteiger partial charge in [-0.2, -0.15) is 0 Å². The minimum absolute atomic E-state index is 0.0259. The van der Waals surface area contributed by atoms with Gasteiger partial charge in [0, 0.05) is 19.3 Å². The first-order valence-electron chi connectivity index (χ1n) is 5.35. The Hall–Kier alpha value is -0.120. The van der Waals surface area contributed by atoms with Crippen molar-refractivity contribution in [3.05, 3.63) is 0 Å². The average molecular weight is 200 g/mol. The monoisotopic (exact) mass is 200 g/mol. The van der Waals surface area contributed by atoms with Gasteiger partial charge in [0.05, 0.1) is 17.3 Å². The predicted octanol–water partition coefficient (Wildman–Crippen LogP) is 0.813. The van der Waals surface area contributed by atoms with Gasteiger partial charge in [-0.1, -0.05) is 13.8 Å². The third-order valence-corrected chi connectivity index (χ3v) is 3.50. The molecule has 2 atom stereocenters. The zero-order chi connectivity index (χ0) is 10.6. The molecule has 0 saturated heterocycles. The molecule has 2 fully saturated rings. The van der Waals surface area contributed by atoms with Crippen molar-refractivity contribution < 1.29 is 15.3 Å². The molecular formula is C11H20O3. The van der Waals surface area contributed by atoms with Crippen molar-refractivity contribution in [1.82, 2.24) is 0 Å². The molecule has 0 aromatic carbocycles. The van der Waals surface area contributed by atoms with Crippen LogP contribution in [-0.4, -0.2) is 32.6 Å². The number of aliphatic hydroxyl groups is 3. The average Bonchev–Trinajstić information content (AvgIpc) is 1.71. The molecule has 0 heterocycles. The van der Waals surface area contributed by atoms with E-state index < -0.39 is 17.3 Å². The van der Waals surface area contributed by atoms with Crippen LogP contribution in [0.5, 0.6) is 0 Å². The Labute approximate surface area is 84.8 Å². The van der Waals surface area contributed by atoms with Crippen molar-refractivity contribution in [3.63, 3.8) is 0 Å². The molecule has 2 bridgehead atoms. The van der Waals surface area contributed by atoms with Crippen LogP contribution in [0.3, 0.4) is 0 Å². The van der Waals surface area contributed by atoms with Crippen LogP contribution in [-0.2, 0) is 0 Å². The lowest BCUT2D eigenvalue weighted by atomic mass is 9.57. The van der Waals surface area contributed by atoms with Gasteiger partial charge in [0.25, 0.3) is 0 Å². The third kappa shape index (κ3) is 1.81. The van der Waals surface area contributed by atoms with E-state index in [0.717, 1.165) is 0 Å². The first kappa shape index (κ1) is 10.4. The van der Waals surface area contributed by atoms with Crippen molar-refractivity contribution in [3.8, 4) is 0 Å². The van der Waals surface area contributed by atoms with Crippen LogP contribution >= 0.6 is 0 Å². The summed E-state index contributed by atoms with van der Waals surface area (Å²) in [6.07, 6.45) is 2.08. The highest BCUT2D eigenvalue weighted by atomic mass is 16.3. The van der Waals surface area contributed by atoms with E-state index in [1.807, 2.05) is 0 Å². The molecule has 14 heavy (non-hydrogen) atoms. The van der Waals surface area contributed by atoms with E-state index in [0.29, 0.717) is 32.1 Å². The first-order chi connectivity index (χ1) is 6.22. The molecule has 3 N–H and O–H groups in total. The zero-order valence-corrected chi connectivity index (χ0v) is 8.95. The Morgan fingerprint density at radius 3 is 1.79 bits per heavy atom. The van der Waals surface area contributed by atoms with E-state index in [4.69, 9.17) is 0 Å².